The van der Waals surface area contributed by atoms with Crippen LogP contribution in [0.15, 0.2) is 48.5 Å². The fourth-order valence-corrected chi connectivity index (χ4v) is 1.67. The van der Waals surface area contributed by atoms with Crippen molar-refractivity contribution < 1.29 is 14.4 Å². The number of hydrogen-bond acceptors (Lipinski definition) is 4. The maximum Gasteiger partial charge on any atom is 0.277 e. The number of anilines is 1. The monoisotopic (exact) mass is 272 g/mol. The lowest BCUT2D eigenvalue weighted by atomic mass is 10.1. The van der Waals surface area contributed by atoms with E-state index in [9.17, 15) is 4.79 Å². The van der Waals surface area contributed by atoms with Gasteiger partial charge < -0.3 is 10.5 Å². The highest BCUT2D eigenvalue weighted by molar-refractivity contribution is 5.98. The minimum absolute atomic E-state index is 0.288. The summed E-state index contributed by atoms with van der Waals surface area (Å²) in [5.74, 6) is 0.157. The Hall–Kier alpha value is -2.53. The second-order valence-electron chi connectivity index (χ2n) is 4.16. The second-order valence-corrected chi connectivity index (χ2v) is 4.16. The number of amides is 1. The molecule has 0 spiro atoms. The number of nitrogens with one attached hydrogen (secondary N) is 1. The zero-order valence-electron chi connectivity index (χ0n) is 11.1. The van der Waals surface area contributed by atoms with Crippen LogP contribution in [0.4, 0.5) is 5.69 Å². The van der Waals surface area contributed by atoms with Gasteiger partial charge in [0.1, 0.15) is 5.75 Å². The van der Waals surface area contributed by atoms with Crippen LogP contribution in [0, 0.1) is 0 Å². The minimum atomic E-state index is -0.405. The molecule has 20 heavy (non-hydrogen) atoms. The van der Waals surface area contributed by atoms with Crippen molar-refractivity contribution in [2.45, 2.75) is 6.61 Å². The minimum Gasteiger partial charge on any atom is -0.497 e. The maximum atomic E-state index is 12.0. The van der Waals surface area contributed by atoms with Crippen LogP contribution in [0.5, 0.6) is 5.75 Å². The van der Waals surface area contributed by atoms with Gasteiger partial charge in [-0.15, -0.1) is 0 Å². The van der Waals surface area contributed by atoms with Gasteiger partial charge in [0.05, 0.1) is 19.3 Å². The van der Waals surface area contributed by atoms with E-state index in [1.807, 2.05) is 30.3 Å². The summed E-state index contributed by atoms with van der Waals surface area (Å²) in [5, 5.41) is 0. The highest BCUT2D eigenvalue weighted by Gasteiger charge is 2.11. The summed E-state index contributed by atoms with van der Waals surface area (Å²) in [5.41, 5.74) is 9.77. The quantitative estimate of drug-likeness (QED) is 0.646. The lowest BCUT2D eigenvalue weighted by Gasteiger charge is -2.09. The average Bonchev–Trinajstić information content (AvgIpc) is 2.48. The molecular weight excluding hydrogens is 256 g/mol. The Labute approximate surface area is 117 Å². The first-order valence-corrected chi connectivity index (χ1v) is 6.10. The molecule has 0 aromatic heterocycles. The number of methoxy groups -OCH3 is 1. The molecule has 2 aromatic carbocycles. The molecular formula is C15H16N2O3. The molecule has 5 nitrogen and oxygen atoms in total. The Balaban J connectivity index is 1.95. The van der Waals surface area contributed by atoms with Crippen LogP contribution < -0.4 is 16.0 Å². The third kappa shape index (κ3) is 3.49. The van der Waals surface area contributed by atoms with Crippen LogP contribution in [-0.2, 0) is 11.4 Å². The van der Waals surface area contributed by atoms with Gasteiger partial charge in [-0.1, -0.05) is 30.3 Å². The van der Waals surface area contributed by atoms with E-state index in [1.54, 1.807) is 18.2 Å². The summed E-state index contributed by atoms with van der Waals surface area (Å²) in [6, 6.07) is 14.4. The van der Waals surface area contributed by atoms with Crippen LogP contribution in [0.1, 0.15) is 15.9 Å². The molecule has 3 N–H and O–H groups in total. The molecule has 0 heterocycles. The summed E-state index contributed by atoms with van der Waals surface area (Å²) in [6.45, 7) is 0.288. The van der Waals surface area contributed by atoms with E-state index in [-0.39, 0.29) is 6.61 Å². The zero-order chi connectivity index (χ0) is 14.4. The van der Waals surface area contributed by atoms with Crippen LogP contribution in [0.2, 0.25) is 0 Å². The van der Waals surface area contributed by atoms with Gasteiger partial charge >= 0.3 is 0 Å². The van der Waals surface area contributed by atoms with Gasteiger partial charge in [0.25, 0.3) is 5.91 Å². The lowest BCUT2D eigenvalue weighted by molar-refractivity contribution is 0.0234. The summed E-state index contributed by atoms with van der Waals surface area (Å²) in [7, 11) is 1.53. The summed E-state index contributed by atoms with van der Waals surface area (Å²) < 4.78 is 5.06. The van der Waals surface area contributed by atoms with E-state index in [0.717, 1.165) is 5.56 Å². The fraction of sp³-hybridized carbons (Fsp3) is 0.133. The largest absolute Gasteiger partial charge is 0.497 e. The first kappa shape index (κ1) is 13.9. The van der Waals surface area contributed by atoms with Crippen LogP contribution in [0.25, 0.3) is 0 Å². The molecule has 104 valence electrons. The van der Waals surface area contributed by atoms with Gasteiger partial charge in [0, 0.05) is 5.69 Å². The second kappa shape index (κ2) is 6.58. The van der Waals surface area contributed by atoms with Crippen molar-refractivity contribution in [3.8, 4) is 5.75 Å². The van der Waals surface area contributed by atoms with Gasteiger partial charge in [-0.2, -0.15) is 0 Å². The SMILES string of the molecule is COc1ccc(N)c(C(=O)NOCc2ccccc2)c1. The average molecular weight is 272 g/mol. The van der Waals surface area contributed by atoms with Gasteiger partial charge in [0.2, 0.25) is 0 Å². The van der Waals surface area contributed by atoms with Crippen molar-refractivity contribution in [3.63, 3.8) is 0 Å². The number of ether oxygens (including phenoxy) is 1. The summed E-state index contributed by atoms with van der Waals surface area (Å²) >= 11 is 0. The summed E-state index contributed by atoms with van der Waals surface area (Å²) in [4.78, 5) is 17.1. The van der Waals surface area contributed by atoms with E-state index in [0.29, 0.717) is 17.0 Å². The van der Waals surface area contributed by atoms with Crippen molar-refractivity contribution in [1.29, 1.82) is 0 Å². The number of rotatable bonds is 5. The van der Waals surface area contributed by atoms with Crippen molar-refractivity contribution in [3.05, 3.63) is 59.7 Å². The van der Waals surface area contributed by atoms with E-state index in [1.165, 1.54) is 7.11 Å². The first-order valence-electron chi connectivity index (χ1n) is 6.10. The van der Waals surface area contributed by atoms with Crippen molar-refractivity contribution in [1.82, 2.24) is 5.48 Å². The smallest absolute Gasteiger partial charge is 0.277 e. The van der Waals surface area contributed by atoms with Gasteiger partial charge in [-0.3, -0.25) is 9.63 Å². The topological polar surface area (TPSA) is 73.6 Å². The third-order valence-electron chi connectivity index (χ3n) is 2.75. The normalized spacial score (nSPS) is 10.1. The van der Waals surface area contributed by atoms with E-state index >= 15 is 0 Å². The maximum absolute atomic E-state index is 12.0. The zero-order valence-corrected chi connectivity index (χ0v) is 11.1. The molecule has 1 amide bonds. The number of nitrogen functional groups attached to an aromatic ring is 1. The number of nitrogens with two attached hydrogens (primary N) is 1. The Morgan fingerprint density at radius 1 is 1.20 bits per heavy atom. The highest BCUT2D eigenvalue weighted by atomic mass is 16.6. The number of carbonyl (C=O) groups excluding carboxylic acids is 1. The van der Waals surface area contributed by atoms with Crippen LogP contribution in [0.3, 0.4) is 0 Å². The Morgan fingerprint density at radius 2 is 1.95 bits per heavy atom. The number of benzene rings is 2. The predicted octanol–water partition coefficient (Wildman–Crippen LogP) is 2.14. The fourth-order valence-electron chi connectivity index (χ4n) is 1.67. The molecule has 0 saturated heterocycles. The van der Waals surface area contributed by atoms with Crippen LogP contribution in [-0.4, -0.2) is 13.0 Å². The molecule has 0 aliphatic rings. The first-order chi connectivity index (χ1) is 9.70. The van der Waals surface area contributed by atoms with Gasteiger partial charge in [0.15, 0.2) is 0 Å². The van der Waals surface area contributed by atoms with E-state index in [4.69, 9.17) is 15.3 Å². The summed E-state index contributed by atoms with van der Waals surface area (Å²) in [6.07, 6.45) is 0. The molecule has 2 aromatic rings. The van der Waals surface area contributed by atoms with E-state index < -0.39 is 5.91 Å². The van der Waals surface area contributed by atoms with Crippen molar-refractivity contribution in [2.24, 2.45) is 0 Å². The Morgan fingerprint density at radius 3 is 2.65 bits per heavy atom. The number of hydroxylamine groups is 1. The molecule has 0 atom stereocenters. The van der Waals surface area contributed by atoms with E-state index in [2.05, 4.69) is 5.48 Å². The molecule has 0 saturated carbocycles. The Bertz CT molecular complexity index is 585. The van der Waals surface area contributed by atoms with Gasteiger partial charge in [-0.05, 0) is 23.8 Å². The molecule has 2 rings (SSSR count). The van der Waals surface area contributed by atoms with Crippen molar-refractivity contribution >= 4 is 11.6 Å². The molecule has 5 heteroatoms. The lowest BCUT2D eigenvalue weighted by Crippen LogP contribution is -2.24. The molecule has 0 aliphatic carbocycles. The Kier molecular flexibility index (Phi) is 4.57. The van der Waals surface area contributed by atoms with Crippen LogP contribution >= 0.6 is 0 Å². The molecule has 0 aliphatic heterocycles. The number of hydrogen-bond donors (Lipinski definition) is 2. The molecule has 0 bridgehead atoms. The highest BCUT2D eigenvalue weighted by Crippen LogP contribution is 2.19. The predicted molar refractivity (Wildman–Crippen MR) is 76.1 cm³/mol. The standard InChI is InChI=1S/C15H16N2O3/c1-19-12-7-8-14(16)13(9-12)15(18)17-20-10-11-5-3-2-4-6-11/h2-9H,10,16H2,1H3,(H,17,18). The van der Waals surface area contributed by atoms with Crippen molar-refractivity contribution in [2.75, 3.05) is 12.8 Å². The third-order valence-corrected chi connectivity index (χ3v) is 2.75. The molecule has 0 radical (unpaired) electrons. The molecule has 0 fully saturated rings. The van der Waals surface area contributed by atoms with Gasteiger partial charge in [-0.25, -0.2) is 5.48 Å². The number of carbonyl (C=O) groups is 1. The molecule has 0 unspecified atom stereocenters.